The molecule has 0 spiro atoms. The van der Waals surface area contributed by atoms with Crippen LogP contribution in [0.25, 0.3) is 54.4 Å². The van der Waals surface area contributed by atoms with Gasteiger partial charge in [-0.15, -0.1) is 11.3 Å². The number of cyclic esters (lactones) is 1. The average Bonchev–Trinajstić information content (AvgIpc) is 1.24. The number of esters is 2. The Morgan fingerprint density at radius 1 is 0.990 bits per heavy atom. The minimum Gasteiger partial charge on any atom is -0.494 e. The molecule has 26 heteroatoms. The third-order valence-corrected chi connectivity index (χ3v) is 20.7. The van der Waals surface area contributed by atoms with Crippen LogP contribution >= 0.6 is 22.9 Å². The number of aromatic nitrogens is 4. The first kappa shape index (κ1) is 68.9. The largest absolute Gasteiger partial charge is 0.494 e. The van der Waals surface area contributed by atoms with Crippen LogP contribution in [0.5, 0.6) is 11.8 Å². The smallest absolute Gasteiger partial charge is 0.412 e. The Balaban J connectivity index is 0.768. The van der Waals surface area contributed by atoms with E-state index in [4.69, 9.17) is 55.0 Å². The van der Waals surface area contributed by atoms with Gasteiger partial charge in [0.05, 0.1) is 62.0 Å². The molecule has 3 aromatic carbocycles. The van der Waals surface area contributed by atoms with Gasteiger partial charge in [0.25, 0.3) is 11.5 Å². The molecule has 4 atom stereocenters. The van der Waals surface area contributed by atoms with Gasteiger partial charge in [-0.25, -0.2) is 28.1 Å². The van der Waals surface area contributed by atoms with E-state index in [9.17, 15) is 34.0 Å². The van der Waals surface area contributed by atoms with Crippen molar-refractivity contribution in [3.05, 3.63) is 109 Å². The molecular formula is C72H79ClF2N10O12S. The maximum absolute atomic E-state index is 18.0. The summed E-state index contributed by atoms with van der Waals surface area (Å²) < 4.78 is 70.9. The molecule has 22 nitrogen and oxygen atoms in total. The number of pyridine rings is 2. The van der Waals surface area contributed by atoms with Crippen LogP contribution in [0.3, 0.4) is 0 Å². The number of aryl methyl sites for hydroxylation is 1. The Morgan fingerprint density at radius 2 is 1.78 bits per heavy atom. The minimum absolute atomic E-state index is 0.00434. The molecule has 516 valence electrons. The van der Waals surface area contributed by atoms with E-state index in [0.29, 0.717) is 41.6 Å². The summed E-state index contributed by atoms with van der Waals surface area (Å²) in [6.45, 7) is 21.6. The molecule has 0 bridgehead atoms. The molecule has 3 fully saturated rings. The predicted octanol–water partition coefficient (Wildman–Crippen LogP) is 12.7. The number of halogens is 3. The van der Waals surface area contributed by atoms with Crippen LogP contribution < -0.4 is 25.2 Å². The number of nitriles is 1. The second-order valence-electron chi connectivity index (χ2n) is 27.2. The first-order valence-electron chi connectivity index (χ1n) is 33.4. The Labute approximate surface area is 574 Å². The van der Waals surface area contributed by atoms with Gasteiger partial charge in [-0.1, -0.05) is 51.4 Å². The van der Waals surface area contributed by atoms with Crippen molar-refractivity contribution in [3.8, 4) is 40.3 Å². The number of thiophene rings is 1. The van der Waals surface area contributed by atoms with Crippen LogP contribution in [-0.2, 0) is 58.5 Å². The van der Waals surface area contributed by atoms with E-state index in [1.807, 2.05) is 43.9 Å². The lowest BCUT2D eigenvalue weighted by molar-refractivity contribution is -0.190. The Hall–Kier alpha value is -8.99. The zero-order chi connectivity index (χ0) is 70.0. The summed E-state index contributed by atoms with van der Waals surface area (Å²) in [6, 6.07) is 12.2. The molecule has 12 rings (SSSR count). The van der Waals surface area contributed by atoms with Crippen LogP contribution in [0, 0.1) is 28.9 Å². The molecule has 4 aromatic heterocycles. The second kappa shape index (κ2) is 27.0. The number of ether oxygens (including phenoxy) is 6. The highest BCUT2D eigenvalue weighted by atomic mass is 35.5. The second-order valence-corrected chi connectivity index (χ2v) is 28.6. The van der Waals surface area contributed by atoms with Gasteiger partial charge in [0.15, 0.2) is 5.82 Å². The van der Waals surface area contributed by atoms with E-state index >= 15 is 8.78 Å². The molecule has 7 aromatic rings. The van der Waals surface area contributed by atoms with E-state index in [-0.39, 0.29) is 128 Å². The van der Waals surface area contributed by atoms with Crippen LogP contribution in [0.2, 0.25) is 5.02 Å². The molecule has 1 N–H and O–H groups in total. The number of fused-ring (bicyclic) bond motifs is 8. The highest BCUT2D eigenvalue weighted by Gasteiger charge is 2.52. The van der Waals surface area contributed by atoms with E-state index in [1.54, 1.807) is 70.1 Å². The monoisotopic (exact) mass is 1380 g/mol. The SMILES string of the molecule is C/C=C(\COC(=O)N(CC(=O)O[C@]1(CC)C(=O)OCc2c1cc1n(c2=O)Cc2c-1nc1ccc(OCCC)cc1c2CC)C(C)C)C(=O)N1CCN(c2nc(OC[C@@]34CCCN3C[C@H](C)C4)nc3c(F)c(-c4ccc(F)c5sc(NC(=O)OC(C)(C)C)c(C#N)c45)c(Cl)cc23)[C@@H](C)C1. The van der Waals surface area contributed by atoms with Crippen LogP contribution in [0.15, 0.2) is 58.9 Å². The van der Waals surface area contributed by atoms with Gasteiger partial charge in [-0.2, -0.15) is 15.2 Å². The van der Waals surface area contributed by atoms with Crippen molar-refractivity contribution in [2.75, 3.05) is 69.3 Å². The number of nitrogens with zero attached hydrogens (tertiary/aromatic N) is 9. The van der Waals surface area contributed by atoms with Crippen molar-refractivity contribution in [1.82, 2.24) is 34.2 Å². The quantitative estimate of drug-likeness (QED) is 0.0476. The number of hydrogen-bond donors (Lipinski definition) is 1. The maximum atomic E-state index is 18.0. The molecule has 0 saturated carbocycles. The first-order valence-corrected chi connectivity index (χ1v) is 34.6. The summed E-state index contributed by atoms with van der Waals surface area (Å²) in [6.07, 6.45) is 3.88. The molecule has 0 aliphatic carbocycles. The van der Waals surface area contributed by atoms with Gasteiger partial charge in [-0.3, -0.25) is 29.5 Å². The van der Waals surface area contributed by atoms with Gasteiger partial charge in [-0.05, 0) is 147 Å². The number of anilines is 2. The number of rotatable bonds is 18. The Morgan fingerprint density at radius 3 is 2.48 bits per heavy atom. The number of carbonyl (C=O) groups is 5. The molecule has 5 aliphatic heterocycles. The summed E-state index contributed by atoms with van der Waals surface area (Å²) in [5.74, 6) is -2.48. The summed E-state index contributed by atoms with van der Waals surface area (Å²) in [7, 11) is 0. The van der Waals surface area contributed by atoms with Crippen molar-refractivity contribution in [1.29, 1.82) is 5.26 Å². The van der Waals surface area contributed by atoms with Gasteiger partial charge < -0.3 is 42.8 Å². The van der Waals surface area contributed by atoms with Gasteiger partial charge in [0.2, 0.25) is 5.60 Å². The fourth-order valence-electron chi connectivity index (χ4n) is 14.7. The highest BCUT2D eigenvalue weighted by Crippen LogP contribution is 2.49. The molecule has 0 unspecified atom stereocenters. The van der Waals surface area contributed by atoms with Crippen molar-refractivity contribution in [2.45, 2.75) is 157 Å². The van der Waals surface area contributed by atoms with Crippen molar-refractivity contribution in [2.24, 2.45) is 5.92 Å². The molecule has 0 radical (unpaired) electrons. The van der Waals surface area contributed by atoms with Crippen LogP contribution in [0.4, 0.5) is 29.2 Å². The lowest BCUT2D eigenvalue weighted by atomic mass is 9.85. The zero-order valence-corrected chi connectivity index (χ0v) is 58.4. The number of nitrogens with one attached hydrogen (secondary N) is 1. The third kappa shape index (κ3) is 12.5. The average molecular weight is 1380 g/mol. The summed E-state index contributed by atoms with van der Waals surface area (Å²) >= 11 is 7.95. The van der Waals surface area contributed by atoms with Crippen molar-refractivity contribution >= 4 is 95.7 Å². The molecule has 3 saturated heterocycles. The fraction of sp³-hybridized carbons (Fsp3) is 0.472. The van der Waals surface area contributed by atoms with E-state index in [2.05, 4.69) is 23.2 Å². The van der Waals surface area contributed by atoms with Gasteiger partial charge in [0, 0.05) is 71.1 Å². The standard InChI is InChI=1S/C72H79ClF2N10O12S/c1-12-25-92-42-17-20-53-45(26-42)43(14-3)48-33-85-54(59(48)77-53)28-50-49(65(85)88)36-93-66(89)72(50,15-4)96-55(86)34-84(38(5)6)69(91)94-35-41(13-2)64(87)81-23-24-83(40(8)32-81)62-46-27-51(73)57(58(75)60(46)78-67(79-62)95-37-71-21-16-22-82(71)31-39(7)29-71)44-18-19-52(74)61-56(44)47(30-76)63(98-61)80-68(90)97-70(9,10)11/h13,17-20,26-28,38-40H,12,14-16,21-25,29,31-37H2,1-11H3,(H,80,90)/b41-13+/t39-,40+,71+,72+/m1/s1. The highest BCUT2D eigenvalue weighted by molar-refractivity contribution is 7.23. The third-order valence-electron chi connectivity index (χ3n) is 19.3. The topological polar surface area (TPSA) is 250 Å². The lowest BCUT2D eigenvalue weighted by Gasteiger charge is -2.41. The van der Waals surface area contributed by atoms with Gasteiger partial charge in [0.1, 0.15) is 65.9 Å². The Kier molecular flexibility index (Phi) is 19.0. The Bertz CT molecular complexity index is 4580. The maximum Gasteiger partial charge on any atom is 0.412 e. The number of allylic oxidation sites excluding steroid dienone is 1. The van der Waals surface area contributed by atoms with Crippen molar-refractivity contribution < 1.29 is 61.2 Å². The lowest BCUT2D eigenvalue weighted by Crippen LogP contribution is -2.54. The van der Waals surface area contributed by atoms with Crippen molar-refractivity contribution in [3.63, 3.8) is 0 Å². The summed E-state index contributed by atoms with van der Waals surface area (Å²) in [5, 5.41) is 14.2. The summed E-state index contributed by atoms with van der Waals surface area (Å²) in [5.41, 5.74) is 0.0533. The molecule has 3 amide bonds. The van der Waals surface area contributed by atoms with Crippen LogP contribution in [0.1, 0.15) is 136 Å². The number of carbonyl (C=O) groups excluding carboxylic acids is 5. The molecule has 98 heavy (non-hydrogen) atoms. The number of amides is 3. The number of benzene rings is 3. The fourth-order valence-corrected chi connectivity index (χ4v) is 16.0. The normalized spacial score (nSPS) is 19.9. The van der Waals surface area contributed by atoms with Crippen LogP contribution in [-0.4, -0.2) is 147 Å². The van der Waals surface area contributed by atoms with Gasteiger partial charge >= 0.3 is 30.1 Å². The summed E-state index contributed by atoms with van der Waals surface area (Å²) in [4.78, 5) is 106. The minimum atomic E-state index is -2.06. The van der Waals surface area contributed by atoms with E-state index in [1.165, 1.54) is 12.1 Å². The number of hydrogen-bond acceptors (Lipinski definition) is 19. The zero-order valence-electron chi connectivity index (χ0n) is 56.8. The first-order chi connectivity index (χ1) is 46.7. The van der Waals surface area contributed by atoms with E-state index < -0.39 is 83.7 Å². The molecular weight excluding hydrogens is 1300 g/mol. The molecule has 5 aliphatic rings. The predicted molar refractivity (Wildman–Crippen MR) is 367 cm³/mol. The number of piperazine rings is 1. The molecule has 9 heterocycles. The van der Waals surface area contributed by atoms with E-state index in [0.717, 1.165) is 77.6 Å².